The van der Waals surface area contributed by atoms with E-state index in [4.69, 9.17) is 22.6 Å². The van der Waals surface area contributed by atoms with Crippen molar-refractivity contribution in [2.45, 2.75) is 13.0 Å². The van der Waals surface area contributed by atoms with Crippen molar-refractivity contribution in [3.8, 4) is 0 Å². The van der Waals surface area contributed by atoms with Gasteiger partial charge in [0.15, 0.2) is 0 Å². The number of ether oxygens (including phenoxy) is 1. The molecule has 0 aliphatic carbocycles. The van der Waals surface area contributed by atoms with E-state index in [1.165, 1.54) is 31.2 Å². The molecule has 0 saturated carbocycles. The Kier molecular flexibility index (Phi) is 1.91. The summed E-state index contributed by atoms with van der Waals surface area (Å²) in [5.74, 6) is 0. The molecule has 2 aromatic rings. The fourth-order valence-electron chi connectivity index (χ4n) is 1.66. The van der Waals surface area contributed by atoms with E-state index in [0.29, 0.717) is 0 Å². The van der Waals surface area contributed by atoms with Crippen molar-refractivity contribution in [1.29, 1.82) is 0 Å². The average Bonchev–Trinajstić information content (AvgIpc) is 2.67. The molecule has 0 aromatic heterocycles. The second-order valence-electron chi connectivity index (χ2n) is 3.98. The third-order valence-corrected chi connectivity index (χ3v) is 2.58. The maximum Gasteiger partial charge on any atom is 0.108 e. The summed E-state index contributed by atoms with van der Waals surface area (Å²) >= 11 is 0. The number of hydrogen-bond acceptors (Lipinski definition) is 2. The Bertz CT molecular complexity index is 960. The van der Waals surface area contributed by atoms with Gasteiger partial charge in [0.05, 0.1) is 13.5 Å². The number of benzene rings is 2. The molecule has 0 saturated heterocycles. The minimum Gasteiger partial charge on any atom is -0.367 e. The van der Waals surface area contributed by atoms with E-state index >= 15 is 0 Å². The summed E-state index contributed by atoms with van der Waals surface area (Å²) in [5.41, 5.74) is -0.253. The Morgan fingerprint density at radius 1 is 1.30 bits per heavy atom. The predicted octanol–water partition coefficient (Wildman–Crippen LogP) is 3.66. The van der Waals surface area contributed by atoms with E-state index in [1.807, 2.05) is 0 Å². The zero-order chi connectivity index (χ0) is 25.6. The van der Waals surface area contributed by atoms with Gasteiger partial charge in [0.25, 0.3) is 0 Å². The molecule has 20 heavy (non-hydrogen) atoms. The predicted molar refractivity (Wildman–Crippen MR) is 84.0 cm³/mol. The van der Waals surface area contributed by atoms with Crippen LogP contribution >= 0.6 is 0 Å². The number of hydrogen-bond donors (Lipinski definition) is 0. The van der Waals surface area contributed by atoms with Crippen LogP contribution in [0.1, 0.15) is 40.6 Å². The van der Waals surface area contributed by atoms with Crippen molar-refractivity contribution >= 4 is 0 Å². The molecule has 0 aliphatic heterocycles. The molecule has 2 rings (SSSR count). The van der Waals surface area contributed by atoms with Gasteiger partial charge in [-0.2, -0.15) is 0 Å². The maximum atomic E-state index is 9.04. The van der Waals surface area contributed by atoms with Gasteiger partial charge in [-0.25, -0.2) is 0 Å². The van der Waals surface area contributed by atoms with Crippen molar-refractivity contribution in [3.63, 3.8) is 0 Å². The first kappa shape index (κ1) is 5.28. The summed E-state index contributed by atoms with van der Waals surface area (Å²) in [6.45, 7) is -9.67. The van der Waals surface area contributed by atoms with Crippen LogP contribution in [0.3, 0.4) is 0 Å². The Morgan fingerprint density at radius 3 is 2.80 bits per heavy atom. The molecule has 1 atom stereocenters. The first-order valence-corrected chi connectivity index (χ1v) is 5.93. The van der Waals surface area contributed by atoms with E-state index in [2.05, 4.69) is 0 Å². The molecule has 0 fully saturated rings. The van der Waals surface area contributed by atoms with Crippen molar-refractivity contribution < 1.29 is 22.6 Å². The SMILES string of the molecule is [2H]c1c([2H])c([2H])c(C([2H])(OCC([2H])([2H])N(C([2H])([2H])[2H])C([2H])([2H])[2H])c2ccccc2)c(C)c1[2H]. The summed E-state index contributed by atoms with van der Waals surface area (Å²) in [6.07, 6.45) is -2.41. The molecule has 0 heterocycles. The lowest BCUT2D eigenvalue weighted by Crippen LogP contribution is -2.20. The lowest BCUT2D eigenvalue weighted by atomic mass is 9.97. The van der Waals surface area contributed by atoms with Gasteiger partial charge >= 0.3 is 0 Å². The Labute approximate surface area is 140 Å². The fraction of sp³-hybridized carbons (Fsp3) is 0.333. The summed E-state index contributed by atoms with van der Waals surface area (Å²) < 4.78 is 108. The maximum absolute atomic E-state index is 9.04. The quantitative estimate of drug-likeness (QED) is 0.801. The highest BCUT2D eigenvalue weighted by Crippen LogP contribution is 2.28. The third-order valence-electron chi connectivity index (χ3n) is 2.58. The second-order valence-corrected chi connectivity index (χ2v) is 3.98. The van der Waals surface area contributed by atoms with E-state index in [9.17, 15) is 0 Å². The fourth-order valence-corrected chi connectivity index (χ4v) is 1.66. The van der Waals surface area contributed by atoms with Crippen LogP contribution in [0.15, 0.2) is 54.5 Å². The zero-order valence-corrected chi connectivity index (χ0v) is 10.9. The van der Waals surface area contributed by atoms with E-state index in [1.54, 1.807) is 6.07 Å². The van der Waals surface area contributed by atoms with Crippen molar-refractivity contribution in [2.75, 3.05) is 27.1 Å². The van der Waals surface area contributed by atoms with Crippen LogP contribution in [0.5, 0.6) is 0 Å². The summed E-state index contributed by atoms with van der Waals surface area (Å²) in [6, 6.07) is 5.39. The molecular weight excluding hydrogens is 246 g/mol. The first-order chi connectivity index (χ1) is 14.9. The van der Waals surface area contributed by atoms with Crippen LogP contribution in [0, 0.1) is 6.92 Å². The lowest BCUT2D eigenvalue weighted by molar-refractivity contribution is 0.0683. The van der Waals surface area contributed by atoms with Crippen molar-refractivity contribution in [2.24, 2.45) is 0 Å². The molecule has 0 spiro atoms. The van der Waals surface area contributed by atoms with Gasteiger partial charge in [-0.05, 0) is 37.6 Å². The summed E-state index contributed by atoms with van der Waals surface area (Å²) in [4.78, 5) is -0.300. The van der Waals surface area contributed by atoms with Crippen LogP contribution < -0.4 is 0 Å². The molecule has 0 radical (unpaired) electrons. The van der Waals surface area contributed by atoms with E-state index < -0.39 is 57.3 Å². The second kappa shape index (κ2) is 7.22. The van der Waals surface area contributed by atoms with Gasteiger partial charge in [-0.15, -0.1) is 0 Å². The third kappa shape index (κ3) is 3.92. The van der Waals surface area contributed by atoms with Crippen LogP contribution in [0.25, 0.3) is 0 Å². The molecule has 0 N–H and O–H groups in total. The number of rotatable bonds is 6. The Morgan fingerprint density at radius 2 is 2.05 bits per heavy atom. The zero-order valence-electron chi connectivity index (χ0n) is 23.9. The smallest absolute Gasteiger partial charge is 0.108 e. The van der Waals surface area contributed by atoms with Gasteiger partial charge < -0.3 is 9.64 Å². The van der Waals surface area contributed by atoms with E-state index in [-0.39, 0.29) is 21.6 Å². The molecule has 0 bridgehead atoms. The monoisotopic (exact) mass is 282 g/mol. The minimum atomic E-state index is -3.36. The average molecular weight is 282 g/mol. The standard InChI is InChI=1S/C18H23NO/c1-15-9-7-8-12-17(15)18(20-14-13-19(2)3)16-10-5-4-6-11-16/h4-12,18H,13-14H2,1-3H3/i2D3,3D3,7D,8D,9D,12D,13D2,18D. The molecule has 106 valence electrons. The first-order valence-electron chi connectivity index (χ1n) is 12.4. The van der Waals surface area contributed by atoms with Crippen LogP contribution in [-0.4, -0.2) is 32.0 Å². The molecule has 0 amide bonds. The summed E-state index contributed by atoms with van der Waals surface area (Å²) in [7, 11) is 0. The number of nitrogens with zero attached hydrogens (tertiary/aromatic N) is 1. The topological polar surface area (TPSA) is 12.5 Å². The molecule has 2 heteroatoms. The van der Waals surface area contributed by atoms with Crippen molar-refractivity contribution in [3.05, 3.63) is 71.2 Å². The minimum absolute atomic E-state index is 0.0242. The van der Waals surface area contributed by atoms with Gasteiger partial charge in [0.1, 0.15) is 6.08 Å². The van der Waals surface area contributed by atoms with Gasteiger partial charge in [0.2, 0.25) is 0 Å². The van der Waals surface area contributed by atoms with Crippen molar-refractivity contribution in [1.82, 2.24) is 4.90 Å². The van der Waals surface area contributed by atoms with Gasteiger partial charge in [-0.1, -0.05) is 54.5 Å². The van der Waals surface area contributed by atoms with Gasteiger partial charge in [0, 0.05) is 17.5 Å². The molecule has 2 aromatic carbocycles. The molecule has 0 aliphatic rings. The van der Waals surface area contributed by atoms with Gasteiger partial charge in [-0.3, -0.25) is 0 Å². The lowest BCUT2D eigenvalue weighted by Gasteiger charge is -2.22. The Balaban J connectivity index is 2.68. The number of likely N-dealkylation sites (N-methyl/N-ethyl adjacent to an activating group) is 1. The highest BCUT2D eigenvalue weighted by atomic mass is 16.5. The van der Waals surface area contributed by atoms with Crippen LogP contribution in [0.4, 0.5) is 0 Å². The largest absolute Gasteiger partial charge is 0.367 e. The Hall–Kier alpha value is -1.64. The highest BCUT2D eigenvalue weighted by Gasteiger charge is 2.16. The van der Waals surface area contributed by atoms with Crippen LogP contribution in [0.2, 0.25) is 0 Å². The normalized spacial score (nSPS) is 25.6. The molecule has 1 unspecified atom stereocenters. The summed E-state index contributed by atoms with van der Waals surface area (Å²) in [5, 5.41) is 0. The highest BCUT2D eigenvalue weighted by molar-refractivity contribution is 5.35. The van der Waals surface area contributed by atoms with Crippen LogP contribution in [-0.2, 0) is 4.74 Å². The molecule has 2 nitrogen and oxygen atoms in total. The molecular formula is C18H23NO. The van der Waals surface area contributed by atoms with E-state index in [0.717, 1.165) is 0 Å².